The number of aromatic amines is 1. The zero-order valence-corrected chi connectivity index (χ0v) is 16.6. The lowest BCUT2D eigenvalue weighted by Crippen LogP contribution is -2.35. The summed E-state index contributed by atoms with van der Waals surface area (Å²) in [5.74, 6) is 0.524. The van der Waals surface area contributed by atoms with E-state index in [4.69, 9.17) is 9.15 Å². The Kier molecular flexibility index (Phi) is 5.81. The van der Waals surface area contributed by atoms with Gasteiger partial charge in [0.25, 0.3) is 5.91 Å². The molecule has 1 aliphatic rings. The summed E-state index contributed by atoms with van der Waals surface area (Å²) in [6.07, 6.45) is 5.37. The van der Waals surface area contributed by atoms with Gasteiger partial charge in [0.05, 0.1) is 6.61 Å². The highest BCUT2D eigenvalue weighted by atomic mass is 16.5. The molecule has 1 aromatic carbocycles. The zero-order valence-electron chi connectivity index (χ0n) is 16.6. The van der Waals surface area contributed by atoms with Crippen LogP contribution in [0.3, 0.4) is 0 Å². The van der Waals surface area contributed by atoms with E-state index in [-0.39, 0.29) is 11.5 Å². The number of fused-ring (bicyclic) bond motifs is 1. The highest BCUT2D eigenvalue weighted by Crippen LogP contribution is 2.20. The summed E-state index contributed by atoms with van der Waals surface area (Å²) < 4.78 is 10.9. The third-order valence-electron chi connectivity index (χ3n) is 5.55. The first-order valence-corrected chi connectivity index (χ1v) is 10.2. The topological polar surface area (TPSA) is 84.3 Å². The molecule has 1 saturated heterocycles. The van der Waals surface area contributed by atoms with Crippen molar-refractivity contribution in [1.29, 1.82) is 0 Å². The number of carbonyl (C=O) groups excluding carboxylic acids is 1. The van der Waals surface area contributed by atoms with Crippen LogP contribution in [0, 0.1) is 12.8 Å². The van der Waals surface area contributed by atoms with Gasteiger partial charge in [-0.15, -0.1) is 0 Å². The largest absolute Gasteiger partial charge is 0.427 e. The number of rotatable bonds is 6. The number of benzene rings is 1. The fraction of sp³-hybridized carbons (Fsp3) is 0.391. The molecule has 1 fully saturated rings. The molecule has 2 N–H and O–H groups in total. The molecule has 0 spiro atoms. The van der Waals surface area contributed by atoms with Crippen molar-refractivity contribution < 1.29 is 13.9 Å². The molecule has 4 rings (SSSR count). The van der Waals surface area contributed by atoms with E-state index in [1.807, 2.05) is 24.4 Å². The Bertz CT molecular complexity index is 1060. The van der Waals surface area contributed by atoms with Gasteiger partial charge in [-0.05, 0) is 55.4 Å². The zero-order chi connectivity index (χ0) is 20.2. The van der Waals surface area contributed by atoms with Crippen LogP contribution < -0.4 is 10.9 Å². The fourth-order valence-electron chi connectivity index (χ4n) is 3.96. The van der Waals surface area contributed by atoms with E-state index in [0.29, 0.717) is 36.8 Å². The minimum Gasteiger partial charge on any atom is -0.427 e. The molecular weight excluding hydrogens is 368 g/mol. The maximum atomic E-state index is 12.5. The standard InChI is InChI=1S/C23H26N2O4/c1-15-11-18(9-8-17-13-24-20-7-3-2-6-19(17)20)29-23(27)21(15)22(26)25-12-16-5-4-10-28-14-16/h2-3,6-7,11,13,16,24H,4-5,8-10,12,14H2,1H3,(H,25,26). The van der Waals surface area contributed by atoms with Crippen LogP contribution in [-0.4, -0.2) is 30.6 Å². The van der Waals surface area contributed by atoms with Crippen LogP contribution in [-0.2, 0) is 17.6 Å². The molecule has 3 aromatic rings. The van der Waals surface area contributed by atoms with E-state index in [1.165, 1.54) is 10.9 Å². The molecule has 1 amide bonds. The number of aromatic nitrogens is 1. The quantitative estimate of drug-likeness (QED) is 0.671. The molecular formula is C23H26N2O4. The minimum atomic E-state index is -0.573. The van der Waals surface area contributed by atoms with Gasteiger partial charge in [0.2, 0.25) is 0 Å². The molecule has 6 heteroatoms. The van der Waals surface area contributed by atoms with Crippen molar-refractivity contribution in [2.24, 2.45) is 5.92 Å². The predicted molar refractivity (Wildman–Crippen MR) is 111 cm³/mol. The molecule has 6 nitrogen and oxygen atoms in total. The SMILES string of the molecule is Cc1cc(CCc2c[nH]c3ccccc23)oc(=O)c1C(=O)NCC1CCCOC1. The smallest absolute Gasteiger partial charge is 0.349 e. The van der Waals surface area contributed by atoms with Crippen LogP contribution in [0.2, 0.25) is 0 Å². The van der Waals surface area contributed by atoms with Crippen molar-refractivity contribution >= 4 is 16.8 Å². The monoisotopic (exact) mass is 394 g/mol. The Labute approximate surface area is 169 Å². The molecule has 1 unspecified atom stereocenters. The Morgan fingerprint density at radius 1 is 1.28 bits per heavy atom. The summed E-state index contributed by atoms with van der Waals surface area (Å²) in [6.45, 7) is 3.73. The van der Waals surface area contributed by atoms with Crippen molar-refractivity contribution in [3.8, 4) is 0 Å². The Balaban J connectivity index is 1.42. The van der Waals surface area contributed by atoms with Gasteiger partial charge in [0.15, 0.2) is 0 Å². The minimum absolute atomic E-state index is 0.0950. The molecule has 0 radical (unpaired) electrons. The molecule has 0 aliphatic carbocycles. The second-order valence-corrected chi connectivity index (χ2v) is 7.71. The van der Waals surface area contributed by atoms with Crippen molar-refractivity contribution in [1.82, 2.24) is 10.3 Å². The van der Waals surface area contributed by atoms with E-state index < -0.39 is 5.63 Å². The molecule has 2 aromatic heterocycles. The summed E-state index contributed by atoms with van der Waals surface area (Å²) >= 11 is 0. The Hall–Kier alpha value is -2.86. The summed E-state index contributed by atoms with van der Waals surface area (Å²) in [7, 11) is 0. The average molecular weight is 394 g/mol. The number of ether oxygens (including phenoxy) is 1. The molecule has 1 atom stereocenters. The summed E-state index contributed by atoms with van der Waals surface area (Å²) in [5.41, 5.74) is 2.44. The molecule has 1 aliphatic heterocycles. The third-order valence-corrected chi connectivity index (χ3v) is 5.55. The first-order chi connectivity index (χ1) is 14.1. The third kappa shape index (κ3) is 4.43. The van der Waals surface area contributed by atoms with Gasteiger partial charge in [0.1, 0.15) is 11.3 Å². The number of carbonyl (C=O) groups is 1. The molecule has 3 heterocycles. The maximum absolute atomic E-state index is 12.5. The second kappa shape index (κ2) is 8.66. The number of nitrogens with one attached hydrogen (secondary N) is 2. The van der Waals surface area contributed by atoms with Crippen LogP contribution in [0.1, 0.15) is 40.1 Å². The van der Waals surface area contributed by atoms with E-state index in [9.17, 15) is 9.59 Å². The van der Waals surface area contributed by atoms with Gasteiger partial charge in [-0.1, -0.05) is 18.2 Å². The number of amides is 1. The van der Waals surface area contributed by atoms with Crippen LogP contribution in [0.15, 0.2) is 45.7 Å². The van der Waals surface area contributed by atoms with Crippen LogP contribution in [0.4, 0.5) is 0 Å². The summed E-state index contributed by atoms with van der Waals surface area (Å²) in [5, 5.41) is 4.04. The highest BCUT2D eigenvalue weighted by Gasteiger charge is 2.20. The van der Waals surface area contributed by atoms with Gasteiger partial charge >= 0.3 is 5.63 Å². The number of H-pyrrole nitrogens is 1. The normalized spacial score (nSPS) is 16.8. The van der Waals surface area contributed by atoms with Crippen LogP contribution >= 0.6 is 0 Å². The second-order valence-electron chi connectivity index (χ2n) is 7.71. The van der Waals surface area contributed by atoms with Gasteiger partial charge in [-0.2, -0.15) is 0 Å². The highest BCUT2D eigenvalue weighted by molar-refractivity contribution is 5.95. The molecule has 0 saturated carbocycles. The summed E-state index contributed by atoms with van der Waals surface area (Å²) in [6, 6.07) is 9.92. The van der Waals surface area contributed by atoms with Crippen molar-refractivity contribution in [2.75, 3.05) is 19.8 Å². The number of para-hydroxylation sites is 1. The van der Waals surface area contributed by atoms with E-state index in [1.54, 1.807) is 13.0 Å². The van der Waals surface area contributed by atoms with Crippen molar-refractivity contribution in [3.63, 3.8) is 0 Å². The summed E-state index contributed by atoms with van der Waals surface area (Å²) in [4.78, 5) is 28.2. The van der Waals surface area contributed by atoms with E-state index in [2.05, 4.69) is 16.4 Å². The Morgan fingerprint density at radius 3 is 2.93 bits per heavy atom. The van der Waals surface area contributed by atoms with Crippen LogP contribution in [0.25, 0.3) is 10.9 Å². The first kappa shape index (κ1) is 19.5. The lowest BCUT2D eigenvalue weighted by Gasteiger charge is -2.22. The molecule has 152 valence electrons. The van der Waals surface area contributed by atoms with Crippen LogP contribution in [0.5, 0.6) is 0 Å². The van der Waals surface area contributed by atoms with Crippen molar-refractivity contribution in [2.45, 2.75) is 32.6 Å². The number of hydrogen-bond acceptors (Lipinski definition) is 4. The first-order valence-electron chi connectivity index (χ1n) is 10.2. The fourth-order valence-corrected chi connectivity index (χ4v) is 3.96. The number of hydrogen-bond donors (Lipinski definition) is 2. The van der Waals surface area contributed by atoms with Gasteiger partial charge < -0.3 is 19.5 Å². The van der Waals surface area contributed by atoms with Gasteiger partial charge in [0, 0.05) is 36.7 Å². The lowest BCUT2D eigenvalue weighted by molar-refractivity contribution is 0.0536. The van der Waals surface area contributed by atoms with Gasteiger partial charge in [-0.3, -0.25) is 4.79 Å². The lowest BCUT2D eigenvalue weighted by atomic mass is 10.0. The predicted octanol–water partition coefficient (Wildman–Crippen LogP) is 3.37. The van der Waals surface area contributed by atoms with E-state index >= 15 is 0 Å². The molecule has 0 bridgehead atoms. The Morgan fingerprint density at radius 2 is 2.14 bits per heavy atom. The van der Waals surface area contributed by atoms with Gasteiger partial charge in [-0.25, -0.2) is 4.79 Å². The number of aryl methyl sites for hydroxylation is 3. The molecule has 29 heavy (non-hydrogen) atoms. The maximum Gasteiger partial charge on any atom is 0.349 e. The van der Waals surface area contributed by atoms with E-state index in [0.717, 1.165) is 31.4 Å². The van der Waals surface area contributed by atoms with Crippen molar-refractivity contribution in [3.05, 3.63) is 69.4 Å². The average Bonchev–Trinajstić information content (AvgIpc) is 3.14.